The Morgan fingerprint density at radius 3 is 2.77 bits per heavy atom. The second-order valence-corrected chi connectivity index (χ2v) is 10.7. The average Bonchev–Trinajstić information content (AvgIpc) is 3.21. The van der Waals surface area contributed by atoms with E-state index in [1.165, 1.54) is 9.75 Å². The zero-order chi connectivity index (χ0) is 23.0. The predicted octanol–water partition coefficient (Wildman–Crippen LogP) is 5.01. The van der Waals surface area contributed by atoms with Crippen LogP contribution in [0.2, 0.25) is 0 Å². The first-order valence-corrected chi connectivity index (χ1v) is 12.6. The van der Waals surface area contributed by atoms with Crippen molar-refractivity contribution in [1.82, 2.24) is 0 Å². The number of aryl methyl sites for hydroxylation is 1. The van der Waals surface area contributed by atoms with Crippen LogP contribution >= 0.6 is 27.3 Å². The van der Waals surface area contributed by atoms with Crippen LogP contribution in [0.3, 0.4) is 0 Å². The van der Waals surface area contributed by atoms with Crippen LogP contribution in [0.5, 0.6) is 0 Å². The van der Waals surface area contributed by atoms with E-state index in [0.29, 0.717) is 25.7 Å². The molecule has 7 heteroatoms. The van der Waals surface area contributed by atoms with Crippen molar-refractivity contribution in [2.24, 2.45) is 17.8 Å². The van der Waals surface area contributed by atoms with Gasteiger partial charge in [-0.25, -0.2) is 0 Å². The molecule has 31 heavy (non-hydrogen) atoms. The Hall–Kier alpha value is -1.02. The number of carboxylic acids is 1. The number of aliphatic hydroxyl groups is 2. The van der Waals surface area contributed by atoms with E-state index >= 15 is 0 Å². The topological polar surface area (TPSA) is 77.8 Å². The number of rotatable bonds is 12. The molecule has 4 nitrogen and oxygen atoms in total. The quantitative estimate of drug-likeness (QED) is 0.211. The summed E-state index contributed by atoms with van der Waals surface area (Å²) in [6, 6.07) is 2.13. The normalized spacial score (nSPS) is 25.9. The van der Waals surface area contributed by atoms with Crippen molar-refractivity contribution >= 4 is 46.7 Å². The molecule has 0 bridgehead atoms. The van der Waals surface area contributed by atoms with E-state index in [0.717, 1.165) is 10.9 Å². The van der Waals surface area contributed by atoms with Crippen molar-refractivity contribution in [3.8, 4) is 0 Å². The molecule has 2 unspecified atom stereocenters. The molecule has 0 saturated heterocycles. The summed E-state index contributed by atoms with van der Waals surface area (Å²) in [5, 5.41) is 29.8. The fraction of sp³-hybridized carbons (Fsp3) is 0.583. The number of carbonyl (C=O) groups is 1. The molecule has 6 atom stereocenters. The number of hydrogen-bond acceptors (Lipinski definition) is 4. The van der Waals surface area contributed by atoms with E-state index in [4.69, 9.17) is 12.6 Å². The molecule has 0 amide bonds. The third kappa shape index (κ3) is 8.12. The van der Waals surface area contributed by atoms with Gasteiger partial charge in [-0.2, -0.15) is 0 Å². The standard InChI is InChI=1S/C24H33BBrO4S/c1-15(23-13-21(26)16(2)31-23)11-18(27)9-10-19-17(14-25)12-22(28)20(19)7-5-3-4-6-8-24(29)30/h3,5,9-10,13-15,17-20,22,27-28H,4,6-8,11-12H2,1-2H3,(H,29,30)/b5-3-,10-9+/t15?,17-,18+,19-,20+,22?/m0/s1. The molecule has 1 aliphatic rings. The Morgan fingerprint density at radius 2 is 2.16 bits per heavy atom. The first kappa shape index (κ1) is 26.2. The molecule has 0 spiro atoms. The van der Waals surface area contributed by atoms with E-state index in [1.807, 2.05) is 24.3 Å². The van der Waals surface area contributed by atoms with Gasteiger partial charge < -0.3 is 0 Å². The third-order valence-corrected chi connectivity index (χ3v) is 8.46. The number of aliphatic hydroxyl groups excluding tert-OH is 2. The van der Waals surface area contributed by atoms with Gasteiger partial charge in [-0.05, 0) is 0 Å². The van der Waals surface area contributed by atoms with Crippen molar-refractivity contribution < 1.29 is 20.1 Å². The van der Waals surface area contributed by atoms with E-state index in [9.17, 15) is 15.0 Å². The second-order valence-electron chi connectivity index (χ2n) is 8.54. The summed E-state index contributed by atoms with van der Waals surface area (Å²) >= 11 is 5.31. The summed E-state index contributed by atoms with van der Waals surface area (Å²) in [5.74, 6) is 1.34. The molecule has 2 rings (SSSR count). The molecule has 1 aromatic heterocycles. The summed E-state index contributed by atoms with van der Waals surface area (Å²) < 4.78 is 1.12. The first-order chi connectivity index (χ1) is 14.7. The average molecular weight is 508 g/mol. The van der Waals surface area contributed by atoms with Crippen LogP contribution in [-0.2, 0) is 4.79 Å². The van der Waals surface area contributed by atoms with Gasteiger partial charge in [-0.3, -0.25) is 0 Å². The first-order valence-electron chi connectivity index (χ1n) is 10.9. The third-order valence-electron chi connectivity index (χ3n) is 6.09. The van der Waals surface area contributed by atoms with Crippen LogP contribution in [0, 0.1) is 24.7 Å². The minimum absolute atomic E-state index is 0.0392. The molecule has 1 saturated carbocycles. The molecule has 169 valence electrons. The zero-order valence-electron chi connectivity index (χ0n) is 18.3. The summed E-state index contributed by atoms with van der Waals surface area (Å²) in [6.07, 6.45) is 10.4. The molecule has 0 aliphatic heterocycles. The SMILES string of the molecule is [B]=C[C@@H]1CC(O)[C@H](C/C=C\CCCC(=O)O)[C@H]1/C=C/[C@@H](O)CC(C)c1cc(Br)c(C)s1. The second kappa shape index (κ2) is 12.9. The van der Waals surface area contributed by atoms with Gasteiger partial charge in [0.2, 0.25) is 0 Å². The summed E-state index contributed by atoms with van der Waals surface area (Å²) in [5.41, 5.74) is 0. The van der Waals surface area contributed by atoms with Crippen LogP contribution < -0.4 is 0 Å². The van der Waals surface area contributed by atoms with Crippen LogP contribution in [0.15, 0.2) is 34.8 Å². The van der Waals surface area contributed by atoms with Gasteiger partial charge in [0.05, 0.1) is 0 Å². The van der Waals surface area contributed by atoms with Gasteiger partial charge >= 0.3 is 200 Å². The molecular formula is C24H33BBrO4S. The molecule has 1 heterocycles. The number of allylic oxidation sites excluding steroid dienone is 3. The van der Waals surface area contributed by atoms with Crippen molar-refractivity contribution in [3.63, 3.8) is 0 Å². The Bertz CT molecular complexity index is 771. The van der Waals surface area contributed by atoms with Gasteiger partial charge in [-0.15, -0.1) is 0 Å². The number of aliphatic carboxylic acids is 1. The minimum atomic E-state index is -0.777. The fourth-order valence-corrected chi connectivity index (χ4v) is 5.90. The fourth-order valence-electron chi connectivity index (χ4n) is 4.27. The van der Waals surface area contributed by atoms with Crippen molar-refractivity contribution in [2.75, 3.05) is 0 Å². The molecule has 1 radical (unpaired) electrons. The number of unbranched alkanes of at least 4 members (excludes halogenated alkanes) is 1. The summed E-state index contributed by atoms with van der Waals surface area (Å²) in [6.45, 7) is 4.21. The van der Waals surface area contributed by atoms with Crippen molar-refractivity contribution in [1.29, 1.82) is 0 Å². The number of halogens is 1. The van der Waals surface area contributed by atoms with E-state index in [1.54, 1.807) is 17.3 Å². The van der Waals surface area contributed by atoms with Crippen LogP contribution in [0.1, 0.15) is 61.1 Å². The monoisotopic (exact) mass is 507 g/mol. The van der Waals surface area contributed by atoms with E-state index in [2.05, 4.69) is 35.8 Å². The van der Waals surface area contributed by atoms with Gasteiger partial charge in [-0.1, -0.05) is 0 Å². The molecule has 3 N–H and O–H groups in total. The molecule has 1 fully saturated rings. The Balaban J connectivity index is 1.94. The number of thiophene rings is 1. The maximum atomic E-state index is 10.6. The van der Waals surface area contributed by atoms with Crippen LogP contribution in [0.25, 0.3) is 0 Å². The van der Waals surface area contributed by atoms with Gasteiger partial charge in [0.25, 0.3) is 0 Å². The van der Waals surface area contributed by atoms with E-state index < -0.39 is 18.2 Å². The number of carboxylic acid groups (broad SMARTS) is 1. The van der Waals surface area contributed by atoms with E-state index in [-0.39, 0.29) is 30.1 Å². The van der Waals surface area contributed by atoms with Gasteiger partial charge in [0.15, 0.2) is 0 Å². The summed E-state index contributed by atoms with van der Waals surface area (Å²) in [7, 11) is 5.84. The van der Waals surface area contributed by atoms with Crippen molar-refractivity contribution in [2.45, 2.75) is 70.5 Å². The van der Waals surface area contributed by atoms with Crippen molar-refractivity contribution in [3.05, 3.63) is 44.6 Å². The van der Waals surface area contributed by atoms with Gasteiger partial charge in [0.1, 0.15) is 0 Å². The Kier molecular flexibility index (Phi) is 10.9. The Morgan fingerprint density at radius 1 is 1.42 bits per heavy atom. The number of hydrogen-bond donors (Lipinski definition) is 3. The maximum absolute atomic E-state index is 10.6. The Labute approximate surface area is 199 Å². The van der Waals surface area contributed by atoms with Crippen LogP contribution in [0.4, 0.5) is 0 Å². The molecule has 1 aliphatic carbocycles. The molecule has 1 aromatic rings. The zero-order valence-corrected chi connectivity index (χ0v) is 20.7. The molecule has 0 aromatic carbocycles. The molecular weight excluding hydrogens is 475 g/mol. The van der Waals surface area contributed by atoms with Crippen LogP contribution in [-0.4, -0.2) is 47.0 Å². The summed E-state index contributed by atoms with van der Waals surface area (Å²) in [4.78, 5) is 13.1. The predicted molar refractivity (Wildman–Crippen MR) is 133 cm³/mol. The van der Waals surface area contributed by atoms with Gasteiger partial charge in [0, 0.05) is 0 Å².